The third-order valence-corrected chi connectivity index (χ3v) is 3.65. The molecule has 1 aromatic rings. The maximum atomic E-state index is 11.9. The van der Waals surface area contributed by atoms with Crippen LogP contribution in [0, 0.1) is 0 Å². The molecule has 0 radical (unpaired) electrons. The number of nitrogens with zero attached hydrogens (tertiary/aromatic N) is 1. The minimum absolute atomic E-state index is 0.00881. The molecule has 0 spiro atoms. The average Bonchev–Trinajstić information content (AvgIpc) is 2.38. The predicted octanol–water partition coefficient (Wildman–Crippen LogP) is 1.62. The Morgan fingerprint density at radius 2 is 2.11 bits per heavy atom. The van der Waals surface area contributed by atoms with E-state index in [-0.39, 0.29) is 12.3 Å². The van der Waals surface area contributed by atoms with E-state index in [0.29, 0.717) is 19.5 Å². The molecule has 1 heterocycles. The van der Waals surface area contributed by atoms with Crippen molar-refractivity contribution < 1.29 is 14.7 Å². The smallest absolute Gasteiger partial charge is 0.303 e. The van der Waals surface area contributed by atoms with Crippen LogP contribution in [-0.2, 0) is 9.59 Å². The number of hydrogen-bond donors (Lipinski definition) is 2. The standard InChI is InChI=1S/C13H15BrN2O3/c14-9-1-3-10(4-2-9)16-8-7-15-13(19)11(16)5-6-12(17)18/h1-4,11H,5-8H2,(H,15,19)(H,17,18). The maximum absolute atomic E-state index is 11.9. The number of carbonyl (C=O) groups is 2. The van der Waals surface area contributed by atoms with Crippen LogP contribution >= 0.6 is 15.9 Å². The number of nitrogens with one attached hydrogen (secondary N) is 1. The molecule has 1 amide bonds. The first-order chi connectivity index (χ1) is 9.08. The van der Waals surface area contributed by atoms with Crippen molar-refractivity contribution in [2.24, 2.45) is 0 Å². The van der Waals surface area contributed by atoms with Gasteiger partial charge in [-0.2, -0.15) is 0 Å². The van der Waals surface area contributed by atoms with Crippen LogP contribution in [0.4, 0.5) is 5.69 Å². The van der Waals surface area contributed by atoms with Gasteiger partial charge in [0.1, 0.15) is 6.04 Å². The van der Waals surface area contributed by atoms with Gasteiger partial charge < -0.3 is 15.3 Å². The molecule has 1 saturated heterocycles. The highest BCUT2D eigenvalue weighted by molar-refractivity contribution is 9.10. The van der Waals surface area contributed by atoms with Crippen LogP contribution < -0.4 is 10.2 Å². The van der Waals surface area contributed by atoms with Crippen molar-refractivity contribution in [1.29, 1.82) is 0 Å². The lowest BCUT2D eigenvalue weighted by Crippen LogP contribution is -2.55. The minimum Gasteiger partial charge on any atom is -0.481 e. The first-order valence-corrected chi connectivity index (χ1v) is 6.89. The second-order valence-corrected chi connectivity index (χ2v) is 5.32. The van der Waals surface area contributed by atoms with Gasteiger partial charge in [0.15, 0.2) is 0 Å². The quantitative estimate of drug-likeness (QED) is 0.882. The molecule has 1 unspecified atom stereocenters. The van der Waals surface area contributed by atoms with Gasteiger partial charge in [0.2, 0.25) is 5.91 Å². The van der Waals surface area contributed by atoms with Crippen molar-refractivity contribution in [1.82, 2.24) is 5.32 Å². The zero-order valence-corrected chi connectivity index (χ0v) is 11.9. The van der Waals surface area contributed by atoms with E-state index in [4.69, 9.17) is 5.11 Å². The van der Waals surface area contributed by atoms with E-state index in [0.717, 1.165) is 10.2 Å². The lowest BCUT2D eigenvalue weighted by molar-refractivity contribution is -0.137. The molecule has 0 bridgehead atoms. The van der Waals surface area contributed by atoms with Gasteiger partial charge >= 0.3 is 5.97 Å². The molecule has 102 valence electrons. The third-order valence-electron chi connectivity index (χ3n) is 3.12. The number of piperazine rings is 1. The van der Waals surface area contributed by atoms with Crippen molar-refractivity contribution in [3.05, 3.63) is 28.7 Å². The molecule has 2 rings (SSSR count). The van der Waals surface area contributed by atoms with Crippen LogP contribution in [0.3, 0.4) is 0 Å². The van der Waals surface area contributed by atoms with E-state index in [1.165, 1.54) is 0 Å². The number of aliphatic carboxylic acids is 1. The van der Waals surface area contributed by atoms with Gasteiger partial charge in [-0.25, -0.2) is 0 Å². The van der Waals surface area contributed by atoms with E-state index < -0.39 is 12.0 Å². The normalized spacial score (nSPS) is 19.1. The molecule has 1 fully saturated rings. The Morgan fingerprint density at radius 1 is 1.42 bits per heavy atom. The molecule has 0 aromatic heterocycles. The van der Waals surface area contributed by atoms with Crippen LogP contribution in [0.2, 0.25) is 0 Å². The van der Waals surface area contributed by atoms with Crippen LogP contribution in [-0.4, -0.2) is 36.1 Å². The zero-order chi connectivity index (χ0) is 13.8. The van der Waals surface area contributed by atoms with Crippen molar-refractivity contribution in [3.63, 3.8) is 0 Å². The number of carboxylic acid groups (broad SMARTS) is 1. The first kappa shape index (κ1) is 13.9. The second kappa shape index (κ2) is 6.06. The first-order valence-electron chi connectivity index (χ1n) is 6.09. The summed E-state index contributed by atoms with van der Waals surface area (Å²) in [5.41, 5.74) is 0.938. The van der Waals surface area contributed by atoms with Crippen LogP contribution in [0.1, 0.15) is 12.8 Å². The van der Waals surface area contributed by atoms with E-state index in [1.807, 2.05) is 29.2 Å². The summed E-state index contributed by atoms with van der Waals surface area (Å²) in [6.07, 6.45) is 0.308. The Kier molecular flexibility index (Phi) is 4.42. The fourth-order valence-electron chi connectivity index (χ4n) is 2.20. The Morgan fingerprint density at radius 3 is 2.74 bits per heavy atom. The molecule has 1 aliphatic heterocycles. The fourth-order valence-corrected chi connectivity index (χ4v) is 2.47. The van der Waals surface area contributed by atoms with Gasteiger partial charge in [-0.15, -0.1) is 0 Å². The number of anilines is 1. The summed E-state index contributed by atoms with van der Waals surface area (Å²) in [5, 5.41) is 11.6. The fraction of sp³-hybridized carbons (Fsp3) is 0.385. The second-order valence-electron chi connectivity index (χ2n) is 4.41. The lowest BCUT2D eigenvalue weighted by atomic mass is 10.1. The topological polar surface area (TPSA) is 69.6 Å². The molecule has 0 saturated carbocycles. The summed E-state index contributed by atoms with van der Waals surface area (Å²) >= 11 is 3.37. The SMILES string of the molecule is O=C(O)CCC1C(=O)NCCN1c1ccc(Br)cc1. The van der Waals surface area contributed by atoms with Crippen LogP contribution in [0.5, 0.6) is 0 Å². The molecule has 1 aliphatic rings. The van der Waals surface area contributed by atoms with Crippen molar-refractivity contribution in [2.45, 2.75) is 18.9 Å². The molecule has 1 aromatic carbocycles. The number of carboxylic acids is 1. The number of amides is 1. The van der Waals surface area contributed by atoms with Gasteiger partial charge in [-0.05, 0) is 30.7 Å². The average molecular weight is 327 g/mol. The van der Waals surface area contributed by atoms with Gasteiger partial charge in [-0.1, -0.05) is 15.9 Å². The predicted molar refractivity (Wildman–Crippen MR) is 75.2 cm³/mol. The summed E-state index contributed by atoms with van der Waals surface area (Å²) in [6.45, 7) is 1.27. The number of carbonyl (C=O) groups excluding carboxylic acids is 1. The molecule has 1 atom stereocenters. The summed E-state index contributed by atoms with van der Waals surface area (Å²) < 4.78 is 0.972. The highest BCUT2D eigenvalue weighted by Gasteiger charge is 2.29. The maximum Gasteiger partial charge on any atom is 0.303 e. The van der Waals surface area contributed by atoms with Gasteiger partial charge in [0, 0.05) is 29.7 Å². The number of benzene rings is 1. The molecule has 5 nitrogen and oxygen atoms in total. The Labute approximate surface area is 119 Å². The van der Waals surface area contributed by atoms with E-state index >= 15 is 0 Å². The number of halogens is 1. The monoisotopic (exact) mass is 326 g/mol. The minimum atomic E-state index is -0.880. The van der Waals surface area contributed by atoms with Crippen molar-refractivity contribution in [3.8, 4) is 0 Å². The highest BCUT2D eigenvalue weighted by atomic mass is 79.9. The Bertz CT molecular complexity index is 475. The van der Waals surface area contributed by atoms with E-state index in [2.05, 4.69) is 21.2 Å². The van der Waals surface area contributed by atoms with Gasteiger partial charge in [-0.3, -0.25) is 9.59 Å². The third kappa shape index (κ3) is 3.47. The molecular formula is C13H15BrN2O3. The summed E-state index contributed by atoms with van der Waals surface area (Å²) in [5.74, 6) is -0.982. The van der Waals surface area contributed by atoms with E-state index in [9.17, 15) is 9.59 Å². The number of rotatable bonds is 4. The lowest BCUT2D eigenvalue weighted by Gasteiger charge is -2.36. The Balaban J connectivity index is 2.17. The molecule has 19 heavy (non-hydrogen) atoms. The van der Waals surface area contributed by atoms with Gasteiger partial charge in [0.05, 0.1) is 0 Å². The van der Waals surface area contributed by atoms with Crippen molar-refractivity contribution >= 4 is 33.5 Å². The molecule has 2 N–H and O–H groups in total. The molecular weight excluding hydrogens is 312 g/mol. The largest absolute Gasteiger partial charge is 0.481 e. The summed E-state index contributed by atoms with van der Waals surface area (Å²) in [6, 6.07) is 7.27. The Hall–Kier alpha value is -1.56. The molecule has 0 aliphatic carbocycles. The summed E-state index contributed by atoms with van der Waals surface area (Å²) in [7, 11) is 0. The van der Waals surface area contributed by atoms with Gasteiger partial charge in [0.25, 0.3) is 0 Å². The van der Waals surface area contributed by atoms with Crippen LogP contribution in [0.25, 0.3) is 0 Å². The van der Waals surface area contributed by atoms with Crippen LogP contribution in [0.15, 0.2) is 28.7 Å². The van der Waals surface area contributed by atoms with Crippen molar-refractivity contribution in [2.75, 3.05) is 18.0 Å². The molecule has 6 heteroatoms. The highest BCUT2D eigenvalue weighted by Crippen LogP contribution is 2.23. The number of hydrogen-bond acceptors (Lipinski definition) is 3. The summed E-state index contributed by atoms with van der Waals surface area (Å²) in [4.78, 5) is 24.5. The zero-order valence-electron chi connectivity index (χ0n) is 10.3. The van der Waals surface area contributed by atoms with E-state index in [1.54, 1.807) is 0 Å².